The first-order valence-corrected chi connectivity index (χ1v) is 40.2. The van der Waals surface area contributed by atoms with E-state index in [1.807, 2.05) is 0 Å². The van der Waals surface area contributed by atoms with E-state index in [1.54, 1.807) is 0 Å². The molecular formula is C72H140O17P2. The van der Waals surface area contributed by atoms with E-state index in [4.69, 9.17) is 37.0 Å². The van der Waals surface area contributed by atoms with Gasteiger partial charge in [0, 0.05) is 25.7 Å². The second-order valence-corrected chi connectivity index (χ2v) is 30.8. The van der Waals surface area contributed by atoms with Gasteiger partial charge in [-0.05, 0) is 49.4 Å². The number of ether oxygens (including phenoxy) is 4. The van der Waals surface area contributed by atoms with E-state index in [9.17, 15) is 43.2 Å². The summed E-state index contributed by atoms with van der Waals surface area (Å²) in [4.78, 5) is 72.6. The van der Waals surface area contributed by atoms with Gasteiger partial charge in [-0.2, -0.15) is 0 Å². The molecule has 5 atom stereocenters. The highest BCUT2D eigenvalue weighted by Crippen LogP contribution is 2.45. The van der Waals surface area contributed by atoms with Crippen LogP contribution in [0.15, 0.2) is 0 Å². The van der Waals surface area contributed by atoms with Crippen LogP contribution in [0.4, 0.5) is 0 Å². The number of hydrogen-bond acceptors (Lipinski definition) is 15. The summed E-state index contributed by atoms with van der Waals surface area (Å²) in [6, 6.07) is 0. The number of aliphatic hydroxyl groups excluding tert-OH is 1. The van der Waals surface area contributed by atoms with Crippen LogP contribution in [0.25, 0.3) is 0 Å². The molecule has 0 aliphatic rings. The number of unbranched alkanes of at least 4 members (excludes halogenated alkanes) is 35. The molecule has 0 fully saturated rings. The van der Waals surface area contributed by atoms with Crippen molar-refractivity contribution in [2.45, 2.75) is 375 Å². The topological polar surface area (TPSA) is 237 Å². The SMILES string of the molecule is CC(C)CCCCCCCCCCCCCCCC(=O)O[C@H](COC(=O)CCCCCCCCCCCCC(C)C)COP(=O)(O)OC[C@@H](O)COP(=O)(O)OC[C@@H](COC(=O)CCCCCCCCC(C)C)OC(=O)CCCCCCCCCCCCC(C)C. The van der Waals surface area contributed by atoms with E-state index < -0.39 is 97.5 Å². The molecular weight excluding hydrogens is 1200 g/mol. The predicted molar refractivity (Wildman–Crippen MR) is 367 cm³/mol. The largest absolute Gasteiger partial charge is 0.472 e. The van der Waals surface area contributed by atoms with E-state index >= 15 is 0 Å². The van der Waals surface area contributed by atoms with Crippen molar-refractivity contribution in [3.63, 3.8) is 0 Å². The minimum absolute atomic E-state index is 0.104. The van der Waals surface area contributed by atoms with Crippen molar-refractivity contribution < 1.29 is 80.2 Å². The fourth-order valence-corrected chi connectivity index (χ4v) is 12.4. The first-order valence-electron chi connectivity index (χ1n) is 37.2. The summed E-state index contributed by atoms with van der Waals surface area (Å²) in [5, 5.41) is 10.6. The van der Waals surface area contributed by atoms with Gasteiger partial charge in [-0.3, -0.25) is 37.3 Å². The van der Waals surface area contributed by atoms with E-state index in [2.05, 4.69) is 55.4 Å². The molecule has 3 N–H and O–H groups in total. The van der Waals surface area contributed by atoms with Crippen LogP contribution in [-0.4, -0.2) is 96.7 Å². The maximum Gasteiger partial charge on any atom is 0.472 e. The molecule has 2 unspecified atom stereocenters. The summed E-state index contributed by atoms with van der Waals surface area (Å²) >= 11 is 0. The fourth-order valence-electron chi connectivity index (χ4n) is 10.8. The van der Waals surface area contributed by atoms with Gasteiger partial charge in [0.05, 0.1) is 26.4 Å². The summed E-state index contributed by atoms with van der Waals surface area (Å²) in [7, 11) is -9.91. The Labute approximate surface area is 556 Å². The van der Waals surface area contributed by atoms with E-state index in [-0.39, 0.29) is 25.7 Å². The maximum absolute atomic E-state index is 13.0. The number of hydrogen-bond donors (Lipinski definition) is 3. The number of carbonyl (C=O) groups is 4. The molecule has 0 saturated carbocycles. The van der Waals surface area contributed by atoms with Gasteiger partial charge in [0.25, 0.3) is 0 Å². The highest BCUT2D eigenvalue weighted by Gasteiger charge is 2.30. The maximum atomic E-state index is 13.0. The molecule has 0 aliphatic heterocycles. The van der Waals surface area contributed by atoms with Crippen LogP contribution < -0.4 is 0 Å². The Bertz CT molecular complexity index is 1800. The minimum atomic E-state index is -4.95. The van der Waals surface area contributed by atoms with Crippen molar-refractivity contribution in [2.24, 2.45) is 23.7 Å². The third-order valence-corrected chi connectivity index (χ3v) is 18.5. The predicted octanol–water partition coefficient (Wildman–Crippen LogP) is 20.5. The van der Waals surface area contributed by atoms with Crippen LogP contribution in [0.1, 0.15) is 357 Å². The van der Waals surface area contributed by atoms with Crippen molar-refractivity contribution in [2.75, 3.05) is 39.6 Å². The average molecular weight is 1340 g/mol. The Balaban J connectivity index is 5.25. The van der Waals surface area contributed by atoms with Gasteiger partial charge in [0.2, 0.25) is 0 Å². The molecule has 0 aromatic rings. The van der Waals surface area contributed by atoms with Crippen molar-refractivity contribution in [3.8, 4) is 0 Å². The van der Waals surface area contributed by atoms with E-state index in [0.29, 0.717) is 31.6 Å². The average Bonchev–Trinajstić information content (AvgIpc) is 2.84. The molecule has 0 radical (unpaired) electrons. The Hall–Kier alpha value is -1.94. The normalized spacial score (nSPS) is 14.2. The van der Waals surface area contributed by atoms with Crippen LogP contribution in [-0.2, 0) is 65.4 Å². The minimum Gasteiger partial charge on any atom is -0.462 e. The zero-order valence-corrected chi connectivity index (χ0v) is 61.3. The van der Waals surface area contributed by atoms with Gasteiger partial charge in [0.1, 0.15) is 19.3 Å². The van der Waals surface area contributed by atoms with Crippen LogP contribution in [0.5, 0.6) is 0 Å². The molecule has 19 heteroatoms. The first-order chi connectivity index (χ1) is 43.6. The van der Waals surface area contributed by atoms with Crippen molar-refractivity contribution in [1.82, 2.24) is 0 Å². The summed E-state index contributed by atoms with van der Waals surface area (Å²) in [5.74, 6) is 0.849. The molecule has 0 heterocycles. The molecule has 0 aliphatic carbocycles. The zero-order valence-electron chi connectivity index (χ0n) is 59.5. The number of phosphoric acid groups is 2. The summed E-state index contributed by atoms with van der Waals surface area (Å²) in [6.07, 6.45) is 44.5. The third-order valence-electron chi connectivity index (χ3n) is 16.6. The molecule has 0 bridgehead atoms. The molecule has 91 heavy (non-hydrogen) atoms. The number of aliphatic hydroxyl groups is 1. The van der Waals surface area contributed by atoms with Crippen LogP contribution in [0.3, 0.4) is 0 Å². The lowest BCUT2D eigenvalue weighted by Gasteiger charge is -2.21. The molecule has 540 valence electrons. The van der Waals surface area contributed by atoms with Gasteiger partial charge in [-0.15, -0.1) is 0 Å². The Morgan fingerprint density at radius 2 is 0.462 bits per heavy atom. The Morgan fingerprint density at radius 3 is 0.681 bits per heavy atom. The zero-order chi connectivity index (χ0) is 67.5. The first kappa shape index (κ1) is 89.1. The van der Waals surface area contributed by atoms with Gasteiger partial charge < -0.3 is 33.8 Å². The molecule has 0 amide bonds. The molecule has 0 spiro atoms. The molecule has 0 aromatic carbocycles. The van der Waals surface area contributed by atoms with Crippen LogP contribution in [0.2, 0.25) is 0 Å². The molecule has 0 saturated heterocycles. The molecule has 17 nitrogen and oxygen atoms in total. The highest BCUT2D eigenvalue weighted by molar-refractivity contribution is 7.47. The smallest absolute Gasteiger partial charge is 0.462 e. The number of esters is 4. The number of rotatable bonds is 69. The lowest BCUT2D eigenvalue weighted by molar-refractivity contribution is -0.161. The monoisotopic (exact) mass is 1340 g/mol. The van der Waals surface area contributed by atoms with Crippen molar-refractivity contribution in [3.05, 3.63) is 0 Å². The lowest BCUT2D eigenvalue weighted by atomic mass is 10.0. The highest BCUT2D eigenvalue weighted by atomic mass is 31.2. The van der Waals surface area contributed by atoms with E-state index in [1.165, 1.54) is 154 Å². The summed E-state index contributed by atoms with van der Waals surface area (Å²) in [6.45, 7) is 14.1. The standard InChI is InChI=1S/C72H140O17P2/c1-62(2)48-40-32-24-18-12-10-9-11-13-22-28-38-46-54-71(76)88-67(58-82-69(74)52-44-36-27-21-16-14-19-25-33-41-49-63(3)4)60-86-90(78,79)84-56-66(73)57-85-91(80,81)87-61-68(59-83-70(75)53-45-37-31-30-35-43-51-65(7)8)89-72(77)55-47-39-29-23-17-15-20-26-34-42-50-64(5)6/h62-68,73H,9-61H2,1-8H3,(H,78,79)(H,80,81)/t66-,67-,68-/m1/s1. The van der Waals surface area contributed by atoms with E-state index in [0.717, 1.165) is 114 Å². The quantitative estimate of drug-likeness (QED) is 0.0222. The Morgan fingerprint density at radius 1 is 0.275 bits per heavy atom. The Kier molecular flexibility index (Phi) is 60.3. The van der Waals surface area contributed by atoms with Crippen molar-refractivity contribution >= 4 is 39.5 Å². The second-order valence-electron chi connectivity index (χ2n) is 27.9. The van der Waals surface area contributed by atoms with Crippen LogP contribution >= 0.6 is 15.6 Å². The summed E-state index contributed by atoms with van der Waals surface area (Å²) < 4.78 is 68.3. The third kappa shape index (κ3) is 66.5. The lowest BCUT2D eigenvalue weighted by Crippen LogP contribution is -2.30. The number of phosphoric ester groups is 2. The van der Waals surface area contributed by atoms with Gasteiger partial charge in [-0.25, -0.2) is 9.13 Å². The van der Waals surface area contributed by atoms with Gasteiger partial charge >= 0.3 is 39.5 Å². The second kappa shape index (κ2) is 61.6. The van der Waals surface area contributed by atoms with Gasteiger partial charge in [0.15, 0.2) is 12.2 Å². The number of carbonyl (C=O) groups excluding carboxylic acids is 4. The molecule has 0 aromatic heterocycles. The molecule has 0 rings (SSSR count). The van der Waals surface area contributed by atoms with Gasteiger partial charge in [-0.1, -0.05) is 306 Å². The fraction of sp³-hybridized carbons (Fsp3) is 0.944. The summed E-state index contributed by atoms with van der Waals surface area (Å²) in [5.41, 5.74) is 0. The van der Waals surface area contributed by atoms with Crippen molar-refractivity contribution in [1.29, 1.82) is 0 Å². The van der Waals surface area contributed by atoms with Crippen LogP contribution in [0, 0.1) is 23.7 Å².